The van der Waals surface area contributed by atoms with Crippen molar-refractivity contribution in [1.82, 2.24) is 4.57 Å². The number of nitrogens with zero attached hydrogens (tertiary/aromatic N) is 1. The Bertz CT molecular complexity index is 1030. The summed E-state index contributed by atoms with van der Waals surface area (Å²) in [4.78, 5) is 0. The molecule has 0 spiro atoms. The summed E-state index contributed by atoms with van der Waals surface area (Å²) in [6.45, 7) is 2.24. The van der Waals surface area contributed by atoms with Crippen molar-refractivity contribution < 1.29 is 29.9 Å². The second-order valence-electron chi connectivity index (χ2n) is 7.98. The number of rotatable bonds is 6. The summed E-state index contributed by atoms with van der Waals surface area (Å²) in [6.07, 6.45) is -3.16. The van der Waals surface area contributed by atoms with Crippen LogP contribution in [0.5, 0.6) is 5.75 Å². The number of aromatic nitrogens is 1. The maximum absolute atomic E-state index is 10.7. The predicted octanol–water partition coefficient (Wildman–Crippen LogP) is 1.78. The number of aliphatic hydroxyl groups excluding tert-OH is 4. The van der Waals surface area contributed by atoms with Crippen molar-refractivity contribution in [2.45, 2.75) is 50.4 Å². The van der Waals surface area contributed by atoms with Gasteiger partial charge in [-0.25, -0.2) is 0 Å². The van der Waals surface area contributed by atoms with Crippen molar-refractivity contribution in [3.63, 3.8) is 0 Å². The Morgan fingerprint density at radius 3 is 2.39 bits per heavy atom. The highest BCUT2D eigenvalue weighted by Crippen LogP contribution is 2.38. The average Bonchev–Trinajstić information content (AvgIpc) is 3.16. The van der Waals surface area contributed by atoms with Gasteiger partial charge in [-0.2, -0.15) is 0 Å². The third-order valence-corrected chi connectivity index (χ3v) is 6.10. The number of aliphatic hydroxyl groups is 4. The monoisotopic (exact) mass is 427 g/mol. The lowest BCUT2D eigenvalue weighted by molar-refractivity contribution is -0.231. The second kappa shape index (κ2) is 8.98. The molecule has 4 N–H and O–H groups in total. The van der Waals surface area contributed by atoms with E-state index in [1.54, 1.807) is 7.11 Å². The number of fused-ring (bicyclic) bond motifs is 1. The number of hydrogen-bond donors (Lipinski definition) is 4. The highest BCUT2D eigenvalue weighted by Gasteiger charge is 2.44. The summed E-state index contributed by atoms with van der Waals surface area (Å²) in [5, 5.41) is 41.6. The van der Waals surface area contributed by atoms with Crippen LogP contribution >= 0.6 is 0 Å². The Morgan fingerprint density at radius 1 is 1.00 bits per heavy atom. The molecule has 3 aromatic rings. The molecule has 4 rings (SSSR count). The molecule has 0 aliphatic carbocycles. The van der Waals surface area contributed by atoms with Gasteiger partial charge in [-0.1, -0.05) is 37.3 Å². The summed E-state index contributed by atoms with van der Waals surface area (Å²) in [6, 6.07) is 13.9. The van der Waals surface area contributed by atoms with Crippen LogP contribution in [0.1, 0.15) is 29.7 Å². The number of aryl methyl sites for hydroxylation is 1. The minimum Gasteiger partial charge on any atom is -0.497 e. The molecule has 0 amide bonds. The lowest BCUT2D eigenvalue weighted by Crippen LogP contribution is -2.55. The second-order valence-corrected chi connectivity index (χ2v) is 7.98. The van der Waals surface area contributed by atoms with E-state index in [9.17, 15) is 20.4 Å². The van der Waals surface area contributed by atoms with Crippen molar-refractivity contribution in [2.75, 3.05) is 13.7 Å². The van der Waals surface area contributed by atoms with Gasteiger partial charge < -0.3 is 34.5 Å². The summed E-state index contributed by atoms with van der Waals surface area (Å²) >= 11 is 0. The molecule has 0 saturated carbocycles. The van der Waals surface area contributed by atoms with Crippen molar-refractivity contribution in [3.8, 4) is 5.75 Å². The zero-order valence-corrected chi connectivity index (χ0v) is 17.7. The van der Waals surface area contributed by atoms with Crippen molar-refractivity contribution in [2.24, 2.45) is 0 Å². The first kappa shape index (κ1) is 21.8. The van der Waals surface area contributed by atoms with Crippen LogP contribution in [0, 0.1) is 0 Å². The molecule has 0 radical (unpaired) electrons. The zero-order valence-electron chi connectivity index (χ0n) is 17.7. The van der Waals surface area contributed by atoms with Gasteiger partial charge >= 0.3 is 0 Å². The van der Waals surface area contributed by atoms with Crippen LogP contribution in [-0.2, 0) is 17.7 Å². The molecule has 31 heavy (non-hydrogen) atoms. The van der Waals surface area contributed by atoms with Crippen LogP contribution in [0.25, 0.3) is 10.9 Å². The van der Waals surface area contributed by atoms with Gasteiger partial charge in [-0.3, -0.25) is 0 Å². The average molecular weight is 427 g/mol. The van der Waals surface area contributed by atoms with Crippen LogP contribution in [0.15, 0.2) is 48.7 Å². The van der Waals surface area contributed by atoms with E-state index in [1.807, 2.05) is 42.6 Å². The quantitative estimate of drug-likeness (QED) is 0.478. The van der Waals surface area contributed by atoms with E-state index in [0.717, 1.165) is 39.8 Å². The number of hydrogen-bond acceptors (Lipinski definition) is 6. The molecule has 166 valence electrons. The third-order valence-electron chi connectivity index (χ3n) is 6.10. The van der Waals surface area contributed by atoms with E-state index in [4.69, 9.17) is 9.47 Å². The van der Waals surface area contributed by atoms with Gasteiger partial charge in [0.15, 0.2) is 0 Å². The Morgan fingerprint density at radius 2 is 1.74 bits per heavy atom. The molecule has 2 aromatic carbocycles. The fourth-order valence-corrected chi connectivity index (χ4v) is 4.39. The molecule has 2 heterocycles. The first-order valence-corrected chi connectivity index (χ1v) is 10.5. The third kappa shape index (κ3) is 3.95. The minimum atomic E-state index is -1.41. The number of methoxy groups -OCH3 is 1. The molecular weight excluding hydrogens is 398 g/mol. The number of para-hydroxylation sites is 1. The van der Waals surface area contributed by atoms with Crippen LogP contribution in [0.2, 0.25) is 0 Å². The Balaban J connectivity index is 1.79. The van der Waals surface area contributed by atoms with Crippen LogP contribution < -0.4 is 4.74 Å². The Labute approximate surface area is 181 Å². The molecule has 1 aliphatic rings. The fraction of sp³-hybridized carbons (Fsp3) is 0.417. The normalized spacial score (nSPS) is 26.3. The molecule has 1 aromatic heterocycles. The minimum absolute atomic E-state index is 0.452. The lowest BCUT2D eigenvalue weighted by atomic mass is 9.91. The highest BCUT2D eigenvalue weighted by atomic mass is 16.5. The van der Waals surface area contributed by atoms with Gasteiger partial charge in [0.05, 0.1) is 19.2 Å². The standard InChI is InChI=1S/C24H29NO6/c1-3-15-5-4-6-17-18(24-23(29)22(28)21(27)19(13-26)31-24)12-25(20(15)17)11-14-7-9-16(30-2)10-8-14/h4-10,12,19,21-24,26-29H,3,11,13H2,1-2H3/t19-,21-,22+,23-,24+/m1/s1. The van der Waals surface area contributed by atoms with Crippen LogP contribution in [0.3, 0.4) is 0 Å². The van der Waals surface area contributed by atoms with E-state index in [0.29, 0.717) is 6.54 Å². The first-order chi connectivity index (χ1) is 15.0. The molecule has 7 heteroatoms. The summed E-state index contributed by atoms with van der Waals surface area (Å²) in [5.74, 6) is 0.789. The number of ether oxygens (including phenoxy) is 2. The molecule has 1 aliphatic heterocycles. The maximum atomic E-state index is 10.7. The van der Waals surface area contributed by atoms with Crippen molar-refractivity contribution >= 4 is 10.9 Å². The SMILES string of the molecule is CCc1cccc2c([C@@H]3O[C@H](CO)[C@@H](O)[C@H](O)[C@H]3O)cn(Cc3ccc(OC)cc3)c12. The molecule has 5 atom stereocenters. The van der Waals surface area contributed by atoms with E-state index in [-0.39, 0.29) is 0 Å². The smallest absolute Gasteiger partial charge is 0.118 e. The molecular formula is C24H29NO6. The Kier molecular flexibility index (Phi) is 6.31. The maximum Gasteiger partial charge on any atom is 0.118 e. The highest BCUT2D eigenvalue weighted by molar-refractivity contribution is 5.87. The number of benzene rings is 2. The van der Waals surface area contributed by atoms with Gasteiger partial charge in [-0.15, -0.1) is 0 Å². The van der Waals surface area contributed by atoms with Gasteiger partial charge in [0.2, 0.25) is 0 Å². The summed E-state index contributed by atoms with van der Waals surface area (Å²) in [5.41, 5.74) is 3.99. The summed E-state index contributed by atoms with van der Waals surface area (Å²) < 4.78 is 13.2. The van der Waals surface area contributed by atoms with Gasteiger partial charge in [-0.05, 0) is 29.7 Å². The molecule has 0 bridgehead atoms. The fourth-order valence-electron chi connectivity index (χ4n) is 4.39. The van der Waals surface area contributed by atoms with Crippen LogP contribution in [-0.4, -0.2) is 63.1 Å². The topological polar surface area (TPSA) is 104 Å². The van der Waals surface area contributed by atoms with E-state index in [2.05, 4.69) is 17.6 Å². The zero-order chi connectivity index (χ0) is 22.1. The summed E-state index contributed by atoms with van der Waals surface area (Å²) in [7, 11) is 1.63. The van der Waals surface area contributed by atoms with Gasteiger partial charge in [0.25, 0.3) is 0 Å². The molecule has 1 saturated heterocycles. The molecule has 1 fully saturated rings. The van der Waals surface area contributed by atoms with E-state index >= 15 is 0 Å². The van der Waals surface area contributed by atoms with E-state index in [1.165, 1.54) is 0 Å². The Hall–Kier alpha value is -2.42. The van der Waals surface area contributed by atoms with Crippen molar-refractivity contribution in [3.05, 3.63) is 65.4 Å². The van der Waals surface area contributed by atoms with Gasteiger partial charge in [0.1, 0.15) is 36.3 Å². The van der Waals surface area contributed by atoms with E-state index < -0.39 is 37.1 Å². The van der Waals surface area contributed by atoms with Gasteiger partial charge in [0, 0.05) is 23.7 Å². The predicted molar refractivity (Wildman–Crippen MR) is 116 cm³/mol. The molecule has 7 nitrogen and oxygen atoms in total. The molecule has 0 unspecified atom stereocenters. The first-order valence-electron chi connectivity index (χ1n) is 10.5. The lowest BCUT2D eigenvalue weighted by Gasteiger charge is -2.40. The van der Waals surface area contributed by atoms with Crippen molar-refractivity contribution in [1.29, 1.82) is 0 Å². The largest absolute Gasteiger partial charge is 0.497 e. The van der Waals surface area contributed by atoms with Crippen LogP contribution in [0.4, 0.5) is 0 Å².